The van der Waals surface area contributed by atoms with E-state index in [4.69, 9.17) is 0 Å². The number of hydrogen-bond donors (Lipinski definition) is 0. The zero-order valence-corrected chi connectivity index (χ0v) is 12.9. The van der Waals surface area contributed by atoms with E-state index in [2.05, 4.69) is 4.99 Å². The van der Waals surface area contributed by atoms with Gasteiger partial charge in [0.15, 0.2) is 0 Å². The molecule has 0 radical (unpaired) electrons. The van der Waals surface area contributed by atoms with Crippen LogP contribution in [0.3, 0.4) is 0 Å². The molecule has 0 aromatic heterocycles. The van der Waals surface area contributed by atoms with Crippen LogP contribution in [0.15, 0.2) is 28.9 Å². The quantitative estimate of drug-likeness (QED) is 0.698. The van der Waals surface area contributed by atoms with Gasteiger partial charge in [-0.1, -0.05) is 39.8 Å². The summed E-state index contributed by atoms with van der Waals surface area (Å²) in [5, 5.41) is 0. The summed E-state index contributed by atoms with van der Waals surface area (Å²) in [4.78, 5) is 17.6. The third-order valence-electron chi connectivity index (χ3n) is 2.27. The molecule has 3 nitrogen and oxygen atoms in total. The van der Waals surface area contributed by atoms with Crippen molar-refractivity contribution in [1.82, 2.24) is 4.90 Å². The van der Waals surface area contributed by atoms with Crippen molar-refractivity contribution >= 4 is 11.6 Å². The predicted molar refractivity (Wildman–Crippen MR) is 81.0 cm³/mol. The van der Waals surface area contributed by atoms with Crippen LogP contribution in [0.2, 0.25) is 0 Å². The maximum Gasteiger partial charge on any atom is 0.272 e. The van der Waals surface area contributed by atoms with Crippen molar-refractivity contribution in [2.45, 2.75) is 48.0 Å². The summed E-state index contributed by atoms with van der Waals surface area (Å²) in [7, 11) is 1.81. The molecule has 1 aliphatic heterocycles. The lowest BCUT2D eigenvalue weighted by atomic mass is 10.0. The van der Waals surface area contributed by atoms with E-state index in [0.29, 0.717) is 5.71 Å². The number of amides is 1. The van der Waals surface area contributed by atoms with Crippen LogP contribution >= 0.6 is 0 Å². The van der Waals surface area contributed by atoms with Gasteiger partial charge in [0.25, 0.3) is 5.91 Å². The summed E-state index contributed by atoms with van der Waals surface area (Å²) < 4.78 is 0. The molecular formula is C15H28N2O. The number of allylic oxidation sites excluding steroid dienone is 2. The van der Waals surface area contributed by atoms with Gasteiger partial charge in [-0.15, -0.1) is 0 Å². The van der Waals surface area contributed by atoms with Crippen molar-refractivity contribution < 1.29 is 4.79 Å². The Bertz CT molecular complexity index is 314. The molecule has 1 saturated heterocycles. The highest BCUT2D eigenvalue weighted by atomic mass is 16.2. The van der Waals surface area contributed by atoms with E-state index in [-0.39, 0.29) is 5.91 Å². The van der Waals surface area contributed by atoms with Crippen molar-refractivity contribution in [3.63, 3.8) is 0 Å². The topological polar surface area (TPSA) is 32.7 Å². The third-order valence-corrected chi connectivity index (χ3v) is 2.27. The fourth-order valence-corrected chi connectivity index (χ4v) is 1.39. The van der Waals surface area contributed by atoms with Crippen molar-refractivity contribution in [3.8, 4) is 0 Å². The fraction of sp³-hybridized carbons (Fsp3) is 0.600. The Labute approximate surface area is 112 Å². The molecule has 0 spiro atoms. The second-order valence-electron chi connectivity index (χ2n) is 3.25. The lowest BCUT2D eigenvalue weighted by Crippen LogP contribution is -2.40. The average Bonchev–Trinajstić information content (AvgIpc) is 2.45. The molecule has 0 aromatic rings. The molecule has 1 heterocycles. The largest absolute Gasteiger partial charge is 0.340 e. The Morgan fingerprint density at radius 1 is 1.17 bits per heavy atom. The molecule has 1 rings (SSSR count). The van der Waals surface area contributed by atoms with E-state index in [1.807, 2.05) is 53.7 Å². The van der Waals surface area contributed by atoms with Crippen molar-refractivity contribution in [1.29, 1.82) is 0 Å². The number of hydrogen-bond acceptors (Lipinski definition) is 2. The number of likely N-dealkylation sites (tertiary alicyclic amines) is 1. The van der Waals surface area contributed by atoms with Crippen LogP contribution in [0, 0.1) is 0 Å². The number of carbonyl (C=O) groups excluding carboxylic acids is 1. The van der Waals surface area contributed by atoms with E-state index in [0.717, 1.165) is 18.5 Å². The molecule has 0 unspecified atom stereocenters. The minimum atomic E-state index is 0.0162. The van der Waals surface area contributed by atoms with Gasteiger partial charge in [-0.2, -0.15) is 0 Å². The first-order valence-electron chi connectivity index (χ1n) is 6.80. The summed E-state index contributed by atoms with van der Waals surface area (Å²) in [5.41, 5.74) is 1.63. The molecule has 104 valence electrons. The Balaban J connectivity index is 0. The van der Waals surface area contributed by atoms with Crippen LogP contribution in [-0.4, -0.2) is 30.1 Å². The molecule has 3 heteroatoms. The van der Waals surface area contributed by atoms with Gasteiger partial charge in [0, 0.05) is 19.8 Å². The first-order chi connectivity index (χ1) is 8.70. The van der Waals surface area contributed by atoms with Crippen molar-refractivity contribution in [3.05, 3.63) is 23.9 Å². The smallest absolute Gasteiger partial charge is 0.272 e. The van der Waals surface area contributed by atoms with Gasteiger partial charge in [0.05, 0.1) is 0 Å². The van der Waals surface area contributed by atoms with Crippen LogP contribution < -0.4 is 0 Å². The van der Waals surface area contributed by atoms with Gasteiger partial charge >= 0.3 is 0 Å². The number of rotatable bonds is 1. The Morgan fingerprint density at radius 2 is 1.72 bits per heavy atom. The first-order valence-corrected chi connectivity index (χ1v) is 6.80. The Kier molecular flexibility index (Phi) is 12.7. The molecule has 0 aliphatic carbocycles. The van der Waals surface area contributed by atoms with Crippen LogP contribution in [-0.2, 0) is 4.79 Å². The number of carbonyl (C=O) groups is 1. The van der Waals surface area contributed by atoms with E-state index < -0.39 is 0 Å². The Hall–Kier alpha value is -1.38. The summed E-state index contributed by atoms with van der Waals surface area (Å²) in [6.45, 7) is 12.6. The van der Waals surface area contributed by atoms with Gasteiger partial charge in [0.2, 0.25) is 0 Å². The number of piperidine rings is 1. The molecule has 1 fully saturated rings. The molecular weight excluding hydrogens is 224 g/mol. The monoisotopic (exact) mass is 252 g/mol. The van der Waals surface area contributed by atoms with E-state index in [1.165, 1.54) is 0 Å². The van der Waals surface area contributed by atoms with Crippen LogP contribution in [0.25, 0.3) is 0 Å². The summed E-state index contributed by atoms with van der Waals surface area (Å²) in [5.74, 6) is 0.0162. The average molecular weight is 252 g/mol. The van der Waals surface area contributed by atoms with Gasteiger partial charge < -0.3 is 4.90 Å². The summed E-state index contributed by atoms with van der Waals surface area (Å²) >= 11 is 0. The molecule has 0 saturated carbocycles. The molecule has 0 bridgehead atoms. The second kappa shape index (κ2) is 12.1. The zero-order valence-electron chi connectivity index (χ0n) is 12.9. The highest BCUT2D eigenvalue weighted by molar-refractivity contribution is 6.45. The molecule has 1 amide bonds. The first kappa shape index (κ1) is 19.0. The zero-order chi connectivity index (χ0) is 14.6. The second-order valence-corrected chi connectivity index (χ2v) is 3.25. The molecule has 0 N–H and O–H groups in total. The van der Waals surface area contributed by atoms with Gasteiger partial charge in [0.1, 0.15) is 5.71 Å². The van der Waals surface area contributed by atoms with E-state index >= 15 is 0 Å². The summed E-state index contributed by atoms with van der Waals surface area (Å²) in [6.07, 6.45) is 6.35. The number of aliphatic imine (C=N–C) groups is 1. The van der Waals surface area contributed by atoms with Crippen LogP contribution in [0.4, 0.5) is 0 Å². The van der Waals surface area contributed by atoms with E-state index in [1.54, 1.807) is 18.1 Å². The molecule has 0 aromatic carbocycles. The van der Waals surface area contributed by atoms with Gasteiger partial charge in [-0.05, 0) is 25.8 Å². The lowest BCUT2D eigenvalue weighted by molar-refractivity contribution is -0.123. The van der Waals surface area contributed by atoms with Crippen molar-refractivity contribution in [2.24, 2.45) is 4.99 Å². The van der Waals surface area contributed by atoms with E-state index in [9.17, 15) is 4.79 Å². The molecule has 0 atom stereocenters. The van der Waals surface area contributed by atoms with Crippen LogP contribution in [0.5, 0.6) is 0 Å². The maximum atomic E-state index is 11.7. The fourth-order valence-electron chi connectivity index (χ4n) is 1.39. The third kappa shape index (κ3) is 5.80. The normalized spacial score (nSPS) is 19.5. The summed E-state index contributed by atoms with van der Waals surface area (Å²) in [6, 6.07) is 0. The predicted octanol–water partition coefficient (Wildman–Crippen LogP) is 3.82. The SMILES string of the molecule is CC.CC.C\C=C/N=C1/C(=O)N(C)CC/C1=C/C. The molecule has 1 aliphatic rings. The highest BCUT2D eigenvalue weighted by Gasteiger charge is 2.24. The minimum Gasteiger partial charge on any atom is -0.340 e. The standard InChI is InChI=1S/C11H16N2O.2C2H6/c1-4-7-12-10-9(5-2)6-8-13(3)11(10)14;2*1-2/h4-5,7H,6,8H2,1-3H3;2*1-2H3/b7-4-,9-5-,12-10+;;. The van der Waals surface area contributed by atoms with Gasteiger partial charge in [-0.25, -0.2) is 0 Å². The van der Waals surface area contributed by atoms with Crippen molar-refractivity contribution in [2.75, 3.05) is 13.6 Å². The molecule has 18 heavy (non-hydrogen) atoms. The van der Waals surface area contributed by atoms with Crippen LogP contribution in [0.1, 0.15) is 48.0 Å². The number of nitrogens with zero attached hydrogens (tertiary/aromatic N) is 2. The maximum absolute atomic E-state index is 11.7. The highest BCUT2D eigenvalue weighted by Crippen LogP contribution is 2.14. The minimum absolute atomic E-state index is 0.0162. The lowest BCUT2D eigenvalue weighted by Gasteiger charge is -2.25. The Morgan fingerprint density at radius 3 is 2.17 bits per heavy atom. The van der Waals surface area contributed by atoms with Gasteiger partial charge in [-0.3, -0.25) is 9.79 Å².